The van der Waals surface area contributed by atoms with Crippen molar-refractivity contribution in [3.8, 4) is 17.3 Å². The topological polar surface area (TPSA) is 112 Å². The van der Waals surface area contributed by atoms with Crippen LogP contribution in [0.25, 0.3) is 22.7 Å². The number of aromatic nitrogens is 2. The van der Waals surface area contributed by atoms with Crippen LogP contribution in [0.2, 0.25) is 0 Å². The van der Waals surface area contributed by atoms with Gasteiger partial charge in [0.15, 0.2) is 15.4 Å². The minimum absolute atomic E-state index is 0.0184. The van der Waals surface area contributed by atoms with Gasteiger partial charge in [-0.25, -0.2) is 23.2 Å². The fourth-order valence-corrected chi connectivity index (χ4v) is 4.14. The molecular weight excluding hydrogens is 446 g/mol. The lowest BCUT2D eigenvalue weighted by molar-refractivity contribution is 0.0126. The van der Waals surface area contributed by atoms with Gasteiger partial charge in [0.1, 0.15) is 28.7 Å². The van der Waals surface area contributed by atoms with E-state index in [-0.39, 0.29) is 17.1 Å². The predicted molar refractivity (Wildman–Crippen MR) is 122 cm³/mol. The predicted octanol–water partition coefficient (Wildman–Crippen LogP) is 4.07. The van der Waals surface area contributed by atoms with Gasteiger partial charge in [0.05, 0.1) is 11.1 Å². The first-order valence-corrected chi connectivity index (χ1v) is 12.6. The largest absolute Gasteiger partial charge is 0.489 e. The van der Waals surface area contributed by atoms with E-state index in [1.54, 1.807) is 29.3 Å². The molecular formula is C23H27N3O6S. The summed E-state index contributed by atoms with van der Waals surface area (Å²) < 4.78 is 40.7. The van der Waals surface area contributed by atoms with Gasteiger partial charge in [-0.15, -0.1) is 0 Å². The molecule has 1 saturated heterocycles. The Balaban J connectivity index is 1.38. The number of hydrogen-bond acceptors (Lipinski definition) is 8. The Hall–Kier alpha value is -3.14. The molecule has 1 aliphatic heterocycles. The van der Waals surface area contributed by atoms with Gasteiger partial charge >= 0.3 is 6.09 Å². The summed E-state index contributed by atoms with van der Waals surface area (Å²) in [5.41, 5.74) is 0.935. The fourth-order valence-electron chi connectivity index (χ4n) is 3.50. The highest BCUT2D eigenvalue weighted by Gasteiger charge is 2.27. The van der Waals surface area contributed by atoms with Gasteiger partial charge in [0.2, 0.25) is 5.89 Å². The molecule has 1 amide bonds. The molecule has 3 heterocycles. The number of sulfone groups is 1. The van der Waals surface area contributed by atoms with E-state index >= 15 is 0 Å². The molecule has 0 saturated carbocycles. The Morgan fingerprint density at radius 3 is 2.48 bits per heavy atom. The van der Waals surface area contributed by atoms with Gasteiger partial charge in [-0.05, 0) is 51.1 Å². The molecule has 2 aromatic heterocycles. The van der Waals surface area contributed by atoms with E-state index in [0.717, 1.165) is 6.26 Å². The molecule has 10 heteroatoms. The normalized spacial score (nSPS) is 15.6. The van der Waals surface area contributed by atoms with Crippen molar-refractivity contribution in [3.63, 3.8) is 0 Å². The van der Waals surface area contributed by atoms with E-state index in [2.05, 4.69) is 9.97 Å². The average Bonchev–Trinajstić information content (AvgIpc) is 3.16. The van der Waals surface area contributed by atoms with E-state index in [0.29, 0.717) is 54.4 Å². The summed E-state index contributed by atoms with van der Waals surface area (Å²) in [6, 6.07) is 8.10. The fraction of sp³-hybridized carbons (Fsp3) is 0.435. The average molecular weight is 474 g/mol. The zero-order chi connectivity index (χ0) is 23.8. The second kappa shape index (κ2) is 8.66. The highest BCUT2D eigenvalue weighted by molar-refractivity contribution is 7.90. The third-order valence-electron chi connectivity index (χ3n) is 5.14. The molecule has 176 valence electrons. The van der Waals surface area contributed by atoms with Crippen molar-refractivity contribution >= 4 is 27.0 Å². The Kier molecular flexibility index (Phi) is 6.04. The summed E-state index contributed by atoms with van der Waals surface area (Å²) in [5, 5.41) is 0. The quantitative estimate of drug-likeness (QED) is 0.557. The van der Waals surface area contributed by atoms with Crippen LogP contribution in [0.3, 0.4) is 0 Å². The van der Waals surface area contributed by atoms with Crippen LogP contribution in [0.15, 0.2) is 45.8 Å². The molecule has 33 heavy (non-hydrogen) atoms. The van der Waals surface area contributed by atoms with Crippen LogP contribution < -0.4 is 4.74 Å². The number of likely N-dealkylation sites (tertiary alicyclic amines) is 1. The zero-order valence-electron chi connectivity index (χ0n) is 19.1. The minimum Gasteiger partial charge on any atom is -0.489 e. The number of amides is 1. The molecule has 0 unspecified atom stereocenters. The maximum absolute atomic E-state index is 12.2. The number of pyridine rings is 1. The van der Waals surface area contributed by atoms with Gasteiger partial charge in [0, 0.05) is 32.2 Å². The molecule has 0 atom stereocenters. The van der Waals surface area contributed by atoms with Crippen LogP contribution in [0.4, 0.5) is 4.79 Å². The summed E-state index contributed by atoms with van der Waals surface area (Å²) in [5.74, 6) is 0.915. The second-order valence-electron chi connectivity index (χ2n) is 9.08. The van der Waals surface area contributed by atoms with Crippen molar-refractivity contribution in [2.24, 2.45) is 0 Å². The molecule has 4 rings (SSSR count). The maximum Gasteiger partial charge on any atom is 0.410 e. The summed E-state index contributed by atoms with van der Waals surface area (Å²) in [6.45, 7) is 6.70. The van der Waals surface area contributed by atoms with E-state index in [9.17, 15) is 13.2 Å². The van der Waals surface area contributed by atoms with Crippen LogP contribution in [-0.4, -0.2) is 60.4 Å². The number of carbonyl (C=O) groups excluding carboxylic acids is 1. The Morgan fingerprint density at radius 1 is 1.15 bits per heavy atom. The summed E-state index contributed by atoms with van der Waals surface area (Å²) in [4.78, 5) is 22.8. The standard InChI is InChI=1S/C23H27N3O6S/c1-23(2,3)32-22(27)26-11-9-15(10-12-26)30-16-5-7-18(24-14-16)21-25-19-13-17(33(4,28)29)6-8-20(19)31-21/h5-8,13-15H,9-12H2,1-4H3. The summed E-state index contributed by atoms with van der Waals surface area (Å²) in [7, 11) is -3.33. The first-order chi connectivity index (χ1) is 15.5. The van der Waals surface area contributed by atoms with Crippen molar-refractivity contribution in [1.82, 2.24) is 14.9 Å². The number of rotatable bonds is 4. The van der Waals surface area contributed by atoms with Gasteiger partial charge < -0.3 is 18.8 Å². The van der Waals surface area contributed by atoms with E-state index < -0.39 is 15.4 Å². The van der Waals surface area contributed by atoms with Crippen LogP contribution in [0, 0.1) is 0 Å². The molecule has 0 radical (unpaired) electrons. The first-order valence-electron chi connectivity index (χ1n) is 10.7. The second-order valence-corrected chi connectivity index (χ2v) is 11.1. The lowest BCUT2D eigenvalue weighted by atomic mass is 10.1. The van der Waals surface area contributed by atoms with E-state index in [1.165, 1.54) is 12.1 Å². The maximum atomic E-state index is 12.2. The molecule has 0 spiro atoms. The Morgan fingerprint density at radius 2 is 1.88 bits per heavy atom. The van der Waals surface area contributed by atoms with E-state index in [4.69, 9.17) is 13.9 Å². The van der Waals surface area contributed by atoms with Crippen molar-refractivity contribution in [3.05, 3.63) is 36.5 Å². The molecule has 0 N–H and O–H groups in total. The van der Waals surface area contributed by atoms with Gasteiger partial charge in [-0.3, -0.25) is 0 Å². The van der Waals surface area contributed by atoms with Crippen LogP contribution in [0.1, 0.15) is 33.6 Å². The Bertz CT molecular complexity index is 1250. The molecule has 0 aliphatic carbocycles. The highest BCUT2D eigenvalue weighted by Crippen LogP contribution is 2.27. The number of fused-ring (bicyclic) bond motifs is 1. The molecule has 1 aliphatic rings. The van der Waals surface area contributed by atoms with Crippen LogP contribution in [0.5, 0.6) is 5.75 Å². The minimum atomic E-state index is -3.33. The van der Waals surface area contributed by atoms with Crippen molar-refractivity contribution in [2.75, 3.05) is 19.3 Å². The van der Waals surface area contributed by atoms with Crippen molar-refractivity contribution < 1.29 is 27.1 Å². The third-order valence-corrected chi connectivity index (χ3v) is 6.25. The number of oxazole rings is 1. The lowest BCUT2D eigenvalue weighted by Crippen LogP contribution is -2.44. The van der Waals surface area contributed by atoms with Crippen LogP contribution in [-0.2, 0) is 14.6 Å². The molecule has 1 fully saturated rings. The number of piperidine rings is 1. The number of ether oxygens (including phenoxy) is 2. The number of nitrogens with zero attached hydrogens (tertiary/aromatic N) is 3. The number of hydrogen-bond donors (Lipinski definition) is 0. The van der Waals surface area contributed by atoms with Gasteiger partial charge in [0.25, 0.3) is 0 Å². The monoisotopic (exact) mass is 473 g/mol. The summed E-state index contributed by atoms with van der Waals surface area (Å²) >= 11 is 0. The van der Waals surface area contributed by atoms with Crippen molar-refractivity contribution in [2.45, 2.75) is 50.2 Å². The summed E-state index contributed by atoms with van der Waals surface area (Å²) in [6.07, 6.45) is 3.84. The van der Waals surface area contributed by atoms with Gasteiger partial charge in [-0.1, -0.05) is 0 Å². The van der Waals surface area contributed by atoms with Crippen LogP contribution >= 0.6 is 0 Å². The van der Waals surface area contributed by atoms with Gasteiger partial charge in [-0.2, -0.15) is 0 Å². The smallest absolute Gasteiger partial charge is 0.410 e. The zero-order valence-corrected chi connectivity index (χ0v) is 19.9. The Labute approximate surface area is 192 Å². The lowest BCUT2D eigenvalue weighted by Gasteiger charge is -2.33. The number of benzene rings is 1. The number of carbonyl (C=O) groups is 1. The molecule has 9 nitrogen and oxygen atoms in total. The molecule has 0 bridgehead atoms. The SMILES string of the molecule is CC(C)(C)OC(=O)N1CCC(Oc2ccc(-c3nc4cc(S(C)(=O)=O)ccc4o3)nc2)CC1. The molecule has 3 aromatic rings. The third kappa shape index (κ3) is 5.62. The molecule has 1 aromatic carbocycles. The van der Waals surface area contributed by atoms with Crippen molar-refractivity contribution in [1.29, 1.82) is 0 Å². The van der Waals surface area contributed by atoms with E-state index in [1.807, 2.05) is 20.8 Å². The first kappa shape index (κ1) is 23.0. The highest BCUT2D eigenvalue weighted by atomic mass is 32.2.